The van der Waals surface area contributed by atoms with Crippen LogP contribution in [0.2, 0.25) is 0 Å². The van der Waals surface area contributed by atoms with Crippen molar-refractivity contribution in [1.82, 2.24) is 9.21 Å². The van der Waals surface area contributed by atoms with Gasteiger partial charge in [-0.15, -0.1) is 0 Å². The predicted octanol–water partition coefficient (Wildman–Crippen LogP) is 1.48. The number of sulfonamides is 1. The molecule has 0 unspecified atom stereocenters. The number of carboxylic acid groups (broad SMARTS) is 1. The molecular formula is C19H20N4O7S. The van der Waals surface area contributed by atoms with Crippen molar-refractivity contribution in [3.63, 3.8) is 0 Å². The molecule has 2 aromatic rings. The number of anilines is 1. The van der Waals surface area contributed by atoms with Gasteiger partial charge in [0, 0.05) is 37.9 Å². The minimum absolute atomic E-state index is 0.0663. The minimum atomic E-state index is -3.67. The van der Waals surface area contributed by atoms with Gasteiger partial charge in [0.2, 0.25) is 10.0 Å². The van der Waals surface area contributed by atoms with Crippen molar-refractivity contribution < 1.29 is 28.0 Å². The second kappa shape index (κ2) is 8.79. The minimum Gasteiger partial charge on any atom is -0.477 e. The summed E-state index contributed by atoms with van der Waals surface area (Å²) >= 11 is 0. The molecule has 3 rings (SSSR count). The lowest BCUT2D eigenvalue weighted by molar-refractivity contribution is -0.385. The van der Waals surface area contributed by atoms with Crippen molar-refractivity contribution in [2.24, 2.45) is 0 Å². The molecule has 0 aliphatic carbocycles. The Morgan fingerprint density at radius 3 is 2.23 bits per heavy atom. The van der Waals surface area contributed by atoms with Crippen LogP contribution in [0.15, 0.2) is 47.4 Å². The van der Waals surface area contributed by atoms with E-state index in [2.05, 4.69) is 5.32 Å². The van der Waals surface area contributed by atoms with E-state index in [0.29, 0.717) is 26.2 Å². The van der Waals surface area contributed by atoms with E-state index in [1.165, 1.54) is 34.6 Å². The van der Waals surface area contributed by atoms with Gasteiger partial charge in [0.1, 0.15) is 5.56 Å². The van der Waals surface area contributed by atoms with Gasteiger partial charge in [-0.2, -0.15) is 4.31 Å². The maximum Gasteiger partial charge on any atom is 0.343 e. The molecule has 31 heavy (non-hydrogen) atoms. The number of hydrogen-bond donors (Lipinski definition) is 2. The van der Waals surface area contributed by atoms with Crippen LogP contribution in [-0.4, -0.2) is 72.8 Å². The van der Waals surface area contributed by atoms with Crippen molar-refractivity contribution in [2.45, 2.75) is 4.90 Å². The van der Waals surface area contributed by atoms with Crippen LogP contribution in [0, 0.1) is 10.1 Å². The number of hydrogen-bond acceptors (Lipinski definition) is 7. The van der Waals surface area contributed by atoms with E-state index in [-0.39, 0.29) is 16.1 Å². The van der Waals surface area contributed by atoms with Crippen LogP contribution in [0.5, 0.6) is 0 Å². The zero-order valence-electron chi connectivity index (χ0n) is 16.5. The monoisotopic (exact) mass is 448 g/mol. The quantitative estimate of drug-likeness (QED) is 0.498. The Morgan fingerprint density at radius 1 is 1.06 bits per heavy atom. The zero-order chi connectivity index (χ0) is 22.8. The van der Waals surface area contributed by atoms with E-state index in [4.69, 9.17) is 0 Å². The fourth-order valence-corrected chi connectivity index (χ4v) is 4.61. The van der Waals surface area contributed by atoms with Crippen molar-refractivity contribution in [2.75, 3.05) is 38.5 Å². The normalized spacial score (nSPS) is 15.4. The fourth-order valence-electron chi connectivity index (χ4n) is 3.19. The molecule has 0 bridgehead atoms. The molecule has 1 amide bonds. The highest BCUT2D eigenvalue weighted by Crippen LogP contribution is 2.24. The lowest BCUT2D eigenvalue weighted by Gasteiger charge is -2.31. The molecule has 0 atom stereocenters. The van der Waals surface area contributed by atoms with Gasteiger partial charge in [-0.3, -0.25) is 14.9 Å². The molecule has 1 saturated heterocycles. The van der Waals surface area contributed by atoms with Crippen molar-refractivity contribution in [1.29, 1.82) is 0 Å². The van der Waals surface area contributed by atoms with Crippen molar-refractivity contribution >= 4 is 33.3 Å². The molecule has 1 aliphatic heterocycles. The van der Waals surface area contributed by atoms with Gasteiger partial charge in [0.15, 0.2) is 0 Å². The van der Waals surface area contributed by atoms with E-state index in [9.17, 15) is 33.2 Å². The van der Waals surface area contributed by atoms with Gasteiger partial charge in [0.25, 0.3) is 11.6 Å². The number of likely N-dealkylation sites (N-methyl/N-ethyl adjacent to an activating group) is 1. The number of nitro benzene ring substituents is 1. The molecule has 11 nitrogen and oxygen atoms in total. The number of carbonyl (C=O) groups excluding carboxylic acids is 1. The van der Waals surface area contributed by atoms with Crippen LogP contribution < -0.4 is 5.32 Å². The Labute approximate surface area is 178 Å². The zero-order valence-corrected chi connectivity index (χ0v) is 17.3. The second-order valence-electron chi connectivity index (χ2n) is 6.95. The van der Waals surface area contributed by atoms with Crippen LogP contribution in [-0.2, 0) is 10.0 Å². The molecular weight excluding hydrogens is 428 g/mol. The highest BCUT2D eigenvalue weighted by Gasteiger charge is 2.28. The smallest absolute Gasteiger partial charge is 0.343 e. The lowest BCUT2D eigenvalue weighted by atomic mass is 10.0. The van der Waals surface area contributed by atoms with Crippen molar-refractivity contribution in [3.8, 4) is 0 Å². The van der Waals surface area contributed by atoms with Gasteiger partial charge in [-0.05, 0) is 37.4 Å². The van der Waals surface area contributed by atoms with Crippen LogP contribution in [0.4, 0.5) is 11.4 Å². The van der Waals surface area contributed by atoms with E-state index in [0.717, 1.165) is 12.1 Å². The first-order chi connectivity index (χ1) is 14.6. The molecule has 1 fully saturated rings. The number of benzene rings is 2. The summed E-state index contributed by atoms with van der Waals surface area (Å²) in [6.45, 7) is 2.01. The molecule has 164 valence electrons. The standard InChI is InChI=1S/C19H20N4O7S/c1-21-9-11-22(12-10-21)31(29,30)14-7-5-13(6-8-14)20-18(24)15-3-2-4-16(23(27)28)17(15)19(25)26/h2-8H,9-12H2,1H3,(H,20,24)(H,25,26). The Hall–Kier alpha value is -3.35. The predicted molar refractivity (Wildman–Crippen MR) is 111 cm³/mol. The van der Waals surface area contributed by atoms with Gasteiger partial charge >= 0.3 is 5.97 Å². The molecule has 1 heterocycles. The molecule has 0 spiro atoms. The Morgan fingerprint density at radius 2 is 1.68 bits per heavy atom. The third-order valence-corrected chi connectivity index (χ3v) is 6.82. The summed E-state index contributed by atoms with van der Waals surface area (Å²) in [5, 5.41) is 22.8. The lowest BCUT2D eigenvalue weighted by Crippen LogP contribution is -2.46. The van der Waals surface area contributed by atoms with Crippen LogP contribution in [0.25, 0.3) is 0 Å². The molecule has 2 N–H and O–H groups in total. The fraction of sp³-hybridized carbons (Fsp3) is 0.263. The maximum absolute atomic E-state index is 12.8. The van der Waals surface area contributed by atoms with Gasteiger partial charge in [0.05, 0.1) is 15.4 Å². The summed E-state index contributed by atoms with van der Waals surface area (Å²) in [6.07, 6.45) is 0. The number of nitrogens with zero attached hydrogens (tertiary/aromatic N) is 3. The number of rotatable bonds is 6. The first-order valence-corrected chi connectivity index (χ1v) is 10.7. The number of carboxylic acids is 1. The average molecular weight is 448 g/mol. The number of aromatic carboxylic acids is 1. The summed E-state index contributed by atoms with van der Waals surface area (Å²) < 4.78 is 26.9. The Balaban J connectivity index is 1.81. The number of nitro groups is 1. The first-order valence-electron chi connectivity index (χ1n) is 9.22. The highest BCUT2D eigenvalue weighted by atomic mass is 32.2. The summed E-state index contributed by atoms with van der Waals surface area (Å²) in [5.41, 5.74) is -1.59. The number of piperazine rings is 1. The summed E-state index contributed by atoms with van der Waals surface area (Å²) in [6, 6.07) is 8.81. The van der Waals surface area contributed by atoms with E-state index < -0.39 is 38.1 Å². The van der Waals surface area contributed by atoms with Crippen LogP contribution in [0.1, 0.15) is 20.7 Å². The Kier molecular flexibility index (Phi) is 6.34. The summed E-state index contributed by atoms with van der Waals surface area (Å²) in [4.78, 5) is 36.3. The molecule has 0 radical (unpaired) electrons. The van der Waals surface area contributed by atoms with Gasteiger partial charge < -0.3 is 15.3 Å². The van der Waals surface area contributed by atoms with Crippen LogP contribution >= 0.6 is 0 Å². The molecule has 0 saturated carbocycles. The third kappa shape index (κ3) is 4.71. The first kappa shape index (κ1) is 22.3. The summed E-state index contributed by atoms with van der Waals surface area (Å²) in [7, 11) is -1.76. The average Bonchev–Trinajstić information content (AvgIpc) is 2.73. The topological polar surface area (TPSA) is 150 Å². The Bertz CT molecular complexity index is 1120. The highest BCUT2D eigenvalue weighted by molar-refractivity contribution is 7.89. The molecule has 2 aromatic carbocycles. The number of nitrogens with one attached hydrogen (secondary N) is 1. The third-order valence-electron chi connectivity index (χ3n) is 4.91. The van der Waals surface area contributed by atoms with E-state index >= 15 is 0 Å². The molecule has 0 aromatic heterocycles. The van der Waals surface area contributed by atoms with Crippen molar-refractivity contribution in [3.05, 3.63) is 63.7 Å². The molecule has 12 heteroatoms. The largest absolute Gasteiger partial charge is 0.477 e. The van der Waals surface area contributed by atoms with Gasteiger partial charge in [-0.25, -0.2) is 13.2 Å². The number of carbonyl (C=O) groups is 2. The van der Waals surface area contributed by atoms with E-state index in [1.807, 2.05) is 11.9 Å². The second-order valence-corrected chi connectivity index (χ2v) is 8.89. The summed E-state index contributed by atoms with van der Waals surface area (Å²) in [5.74, 6) is -2.47. The molecule has 1 aliphatic rings. The SMILES string of the molecule is CN1CCN(S(=O)(=O)c2ccc(NC(=O)c3cccc([N+](=O)[O-])c3C(=O)O)cc2)CC1. The number of amides is 1. The van der Waals surface area contributed by atoms with Crippen LogP contribution in [0.3, 0.4) is 0 Å². The van der Waals surface area contributed by atoms with Gasteiger partial charge in [-0.1, -0.05) is 6.07 Å². The maximum atomic E-state index is 12.8. The van der Waals surface area contributed by atoms with E-state index in [1.54, 1.807) is 0 Å².